The fourth-order valence-electron chi connectivity index (χ4n) is 0.488. The summed E-state index contributed by atoms with van der Waals surface area (Å²) in [5, 5.41) is 8.79. The van der Waals surface area contributed by atoms with Crippen LogP contribution in [0.15, 0.2) is 24.3 Å². The molecule has 0 amide bonds. The number of anilines is 1. The van der Waals surface area contributed by atoms with Crippen molar-refractivity contribution in [3.05, 3.63) is 24.3 Å². The molecule has 9 heavy (non-hydrogen) atoms. The van der Waals surface area contributed by atoms with Gasteiger partial charge >= 0.3 is 0 Å². The average Bonchev–Trinajstić information content (AvgIpc) is 1.77. The van der Waals surface area contributed by atoms with Crippen LogP contribution in [0.3, 0.4) is 0 Å². The van der Waals surface area contributed by atoms with Crippen molar-refractivity contribution in [3.8, 4) is 5.75 Å². The number of phenols is 1. The predicted octanol–water partition coefficient (Wildman–Crippen LogP) is 0.972. The maximum atomic E-state index is 8.79. The van der Waals surface area contributed by atoms with Gasteiger partial charge in [0.2, 0.25) is 0 Å². The summed E-state index contributed by atoms with van der Waals surface area (Å²) < 4.78 is 0. The Morgan fingerprint density at radius 3 is 2.11 bits per heavy atom. The summed E-state index contributed by atoms with van der Waals surface area (Å²) in [6.45, 7) is 0. The Morgan fingerprint density at radius 1 is 1.22 bits per heavy atom. The van der Waals surface area contributed by atoms with E-state index < -0.39 is 0 Å². The van der Waals surface area contributed by atoms with Gasteiger partial charge in [-0.15, -0.1) is 0 Å². The van der Waals surface area contributed by atoms with Gasteiger partial charge in [-0.2, -0.15) is 0 Å². The number of phenolic OH excluding ortho intramolecular Hbond substituents is 1. The van der Waals surface area contributed by atoms with E-state index in [9.17, 15) is 0 Å². The van der Waals surface area contributed by atoms with E-state index in [0.717, 1.165) is 0 Å². The maximum absolute atomic E-state index is 8.79. The van der Waals surface area contributed by atoms with Gasteiger partial charge in [0, 0.05) is 32.7 Å². The van der Waals surface area contributed by atoms with Crippen LogP contribution in [0.4, 0.5) is 5.69 Å². The van der Waals surface area contributed by atoms with Crippen LogP contribution in [0, 0.1) is 0 Å². The fourth-order valence-corrected chi connectivity index (χ4v) is 0.488. The summed E-state index contributed by atoms with van der Waals surface area (Å²) in [5.41, 5.74) is 5.69. The summed E-state index contributed by atoms with van der Waals surface area (Å²) in [4.78, 5) is 0. The SMILES string of the molecule is Nc1ccccc1O.[Y]. The van der Waals surface area contributed by atoms with Gasteiger partial charge in [-0.3, -0.25) is 0 Å². The number of nitrogen functional groups attached to an aromatic ring is 1. The molecule has 0 aromatic heterocycles. The van der Waals surface area contributed by atoms with E-state index in [4.69, 9.17) is 10.8 Å². The van der Waals surface area contributed by atoms with Crippen molar-refractivity contribution in [1.29, 1.82) is 0 Å². The third kappa shape index (κ3) is 2.33. The molecule has 0 aliphatic heterocycles. The molecule has 0 bridgehead atoms. The van der Waals surface area contributed by atoms with Gasteiger partial charge in [0.15, 0.2) is 0 Å². The second kappa shape index (κ2) is 3.86. The van der Waals surface area contributed by atoms with Crippen LogP contribution in [-0.2, 0) is 32.7 Å². The molecular formula is C6H7NOY. The van der Waals surface area contributed by atoms with Gasteiger partial charge in [0.05, 0.1) is 5.69 Å². The number of nitrogens with two attached hydrogens (primary N) is 1. The molecule has 1 aromatic rings. The number of rotatable bonds is 0. The first-order chi connectivity index (χ1) is 3.80. The summed E-state index contributed by atoms with van der Waals surface area (Å²) in [6, 6.07) is 6.70. The molecule has 1 aromatic carbocycles. The molecule has 0 heterocycles. The van der Waals surface area contributed by atoms with Crippen molar-refractivity contribution in [3.63, 3.8) is 0 Å². The Bertz CT molecular complexity index is 169. The molecule has 1 radical (unpaired) electrons. The zero-order chi connectivity index (χ0) is 5.98. The second-order valence-electron chi connectivity index (χ2n) is 1.56. The monoisotopic (exact) mass is 198 g/mol. The van der Waals surface area contributed by atoms with Gasteiger partial charge in [-0.25, -0.2) is 0 Å². The molecule has 0 aliphatic carbocycles. The van der Waals surface area contributed by atoms with Gasteiger partial charge in [-0.1, -0.05) is 12.1 Å². The van der Waals surface area contributed by atoms with E-state index >= 15 is 0 Å². The van der Waals surface area contributed by atoms with Crippen LogP contribution in [0.2, 0.25) is 0 Å². The minimum absolute atomic E-state index is 0. The summed E-state index contributed by atoms with van der Waals surface area (Å²) in [5.74, 6) is 0.146. The Kier molecular flexibility index (Phi) is 3.82. The molecule has 2 nitrogen and oxygen atoms in total. The van der Waals surface area contributed by atoms with Crippen LogP contribution in [0.1, 0.15) is 0 Å². The number of benzene rings is 1. The molecule has 3 N–H and O–H groups in total. The third-order valence-electron chi connectivity index (χ3n) is 0.937. The maximum Gasteiger partial charge on any atom is 0.138 e. The zero-order valence-electron chi connectivity index (χ0n) is 4.91. The van der Waals surface area contributed by atoms with Crippen LogP contribution >= 0.6 is 0 Å². The smallest absolute Gasteiger partial charge is 0.138 e. The molecule has 0 aliphatic rings. The van der Waals surface area contributed by atoms with Crippen molar-refractivity contribution in [1.82, 2.24) is 0 Å². The van der Waals surface area contributed by atoms with Crippen molar-refractivity contribution >= 4 is 5.69 Å². The number of hydrogen-bond donors (Lipinski definition) is 2. The van der Waals surface area contributed by atoms with E-state index in [1.165, 1.54) is 0 Å². The first-order valence-electron chi connectivity index (χ1n) is 2.34. The van der Waals surface area contributed by atoms with Crippen LogP contribution in [0.25, 0.3) is 0 Å². The predicted molar refractivity (Wildman–Crippen MR) is 32.5 cm³/mol. The Hall–Kier alpha value is -0.0761. The first-order valence-corrected chi connectivity index (χ1v) is 2.34. The van der Waals surface area contributed by atoms with Crippen molar-refractivity contribution < 1.29 is 37.8 Å². The molecule has 0 saturated heterocycles. The van der Waals surface area contributed by atoms with E-state index in [-0.39, 0.29) is 38.5 Å². The largest absolute Gasteiger partial charge is 0.506 e. The molecule has 0 unspecified atom stereocenters. The Balaban J connectivity index is 0.000000640. The normalized spacial score (nSPS) is 8.00. The molecule has 0 fully saturated rings. The van der Waals surface area contributed by atoms with Gasteiger partial charge in [0.1, 0.15) is 5.75 Å². The van der Waals surface area contributed by atoms with Crippen LogP contribution < -0.4 is 5.73 Å². The molecule has 1 rings (SSSR count). The second-order valence-corrected chi connectivity index (χ2v) is 1.56. The van der Waals surface area contributed by atoms with E-state index in [1.807, 2.05) is 0 Å². The average molecular weight is 198 g/mol. The molecule has 0 spiro atoms. The minimum atomic E-state index is 0. The summed E-state index contributed by atoms with van der Waals surface area (Å²) in [6.07, 6.45) is 0. The third-order valence-corrected chi connectivity index (χ3v) is 0.937. The number of hydrogen-bond acceptors (Lipinski definition) is 2. The molecule has 0 saturated carbocycles. The van der Waals surface area contributed by atoms with Crippen molar-refractivity contribution in [2.45, 2.75) is 0 Å². The number of para-hydroxylation sites is 2. The summed E-state index contributed by atoms with van der Waals surface area (Å²) in [7, 11) is 0. The van der Waals surface area contributed by atoms with Gasteiger partial charge in [0.25, 0.3) is 0 Å². The first kappa shape index (κ1) is 8.92. The zero-order valence-corrected chi connectivity index (χ0v) is 7.75. The molecular weight excluding hydrogens is 191 g/mol. The van der Waals surface area contributed by atoms with E-state index in [2.05, 4.69) is 0 Å². The van der Waals surface area contributed by atoms with Crippen LogP contribution in [0.5, 0.6) is 5.75 Å². The Morgan fingerprint density at radius 2 is 1.78 bits per heavy atom. The summed E-state index contributed by atoms with van der Waals surface area (Å²) >= 11 is 0. The Labute approximate surface area is 78.9 Å². The molecule has 45 valence electrons. The molecule has 3 heteroatoms. The van der Waals surface area contributed by atoms with E-state index in [1.54, 1.807) is 24.3 Å². The fraction of sp³-hybridized carbons (Fsp3) is 0. The quantitative estimate of drug-likeness (QED) is 0.482. The van der Waals surface area contributed by atoms with Crippen LogP contribution in [-0.4, -0.2) is 5.11 Å². The van der Waals surface area contributed by atoms with E-state index in [0.29, 0.717) is 5.69 Å². The van der Waals surface area contributed by atoms with Crippen molar-refractivity contribution in [2.24, 2.45) is 0 Å². The van der Waals surface area contributed by atoms with Gasteiger partial charge in [-0.05, 0) is 12.1 Å². The molecule has 0 atom stereocenters. The van der Waals surface area contributed by atoms with Gasteiger partial charge < -0.3 is 10.8 Å². The topological polar surface area (TPSA) is 46.2 Å². The minimum Gasteiger partial charge on any atom is -0.506 e. The standard InChI is InChI=1S/C6H7NO.Y/c7-5-3-1-2-4-6(5)8;/h1-4,8H,7H2;. The van der Waals surface area contributed by atoms with Crippen molar-refractivity contribution in [2.75, 3.05) is 5.73 Å². The number of aromatic hydroxyl groups is 1.